The van der Waals surface area contributed by atoms with Gasteiger partial charge in [-0.25, -0.2) is 4.98 Å². The van der Waals surface area contributed by atoms with Crippen molar-refractivity contribution in [1.82, 2.24) is 4.98 Å². The Balaban J connectivity index is 1.77. The highest BCUT2D eigenvalue weighted by Gasteiger charge is 2.17. The first-order chi connectivity index (χ1) is 10.8. The lowest BCUT2D eigenvalue weighted by Gasteiger charge is -2.08. The number of ether oxygens (including phenoxy) is 1. The van der Waals surface area contributed by atoms with E-state index in [-0.39, 0.29) is 5.91 Å². The van der Waals surface area contributed by atoms with Crippen molar-refractivity contribution in [3.63, 3.8) is 0 Å². The smallest absolute Gasteiger partial charge is 0.261 e. The minimum Gasteiger partial charge on any atom is -0.493 e. The summed E-state index contributed by atoms with van der Waals surface area (Å²) < 4.78 is 5.52. The summed E-state index contributed by atoms with van der Waals surface area (Å²) >= 11 is 1.61. The maximum Gasteiger partial charge on any atom is 0.261 e. The first kappa shape index (κ1) is 15.0. The molecule has 3 rings (SSSR count). The predicted molar refractivity (Wildman–Crippen MR) is 88.9 cm³/mol. The number of hydrogen-bond acceptors (Lipinski definition) is 4. The van der Waals surface area contributed by atoms with Gasteiger partial charge in [-0.1, -0.05) is 18.6 Å². The van der Waals surface area contributed by atoms with E-state index in [1.807, 2.05) is 25.1 Å². The second-order valence-corrected chi connectivity index (χ2v) is 6.42. The molecule has 0 radical (unpaired) electrons. The quantitative estimate of drug-likeness (QED) is 0.865. The molecule has 22 heavy (non-hydrogen) atoms. The Morgan fingerprint density at radius 1 is 1.27 bits per heavy atom. The molecule has 1 aromatic heterocycles. The van der Waals surface area contributed by atoms with Crippen LogP contribution < -0.4 is 10.1 Å². The molecule has 1 N–H and O–H groups in total. The zero-order valence-electron chi connectivity index (χ0n) is 12.7. The molecule has 0 unspecified atom stereocenters. The van der Waals surface area contributed by atoms with Gasteiger partial charge in [0.05, 0.1) is 17.9 Å². The number of anilines is 1. The van der Waals surface area contributed by atoms with Crippen molar-refractivity contribution in [3.05, 3.63) is 40.4 Å². The molecule has 0 fully saturated rings. The minimum atomic E-state index is -0.159. The number of fused-ring (bicyclic) bond motifs is 1. The van der Waals surface area contributed by atoms with E-state index in [1.165, 1.54) is 24.1 Å². The monoisotopic (exact) mass is 316 g/mol. The molecule has 4 nitrogen and oxygen atoms in total. The van der Waals surface area contributed by atoms with E-state index in [1.54, 1.807) is 17.4 Å². The number of benzene rings is 1. The number of nitrogens with one attached hydrogen (secondary N) is 1. The van der Waals surface area contributed by atoms with Gasteiger partial charge in [0, 0.05) is 4.88 Å². The minimum absolute atomic E-state index is 0.159. The summed E-state index contributed by atoms with van der Waals surface area (Å²) in [5.41, 5.74) is 1.71. The molecule has 0 bridgehead atoms. The maximum absolute atomic E-state index is 12.5. The lowest BCUT2D eigenvalue weighted by Crippen LogP contribution is -2.13. The molecule has 0 atom stereocenters. The van der Waals surface area contributed by atoms with Crippen LogP contribution in [0.25, 0.3) is 0 Å². The molecule has 1 aliphatic carbocycles. The largest absolute Gasteiger partial charge is 0.493 e. The normalized spacial score (nSPS) is 14.0. The fraction of sp³-hybridized carbons (Fsp3) is 0.412. The molecular weight excluding hydrogens is 296 g/mol. The van der Waals surface area contributed by atoms with Crippen LogP contribution in [0.5, 0.6) is 5.75 Å². The summed E-state index contributed by atoms with van der Waals surface area (Å²) in [5.74, 6) is 0.452. The molecule has 1 aromatic carbocycles. The molecule has 1 aliphatic rings. The van der Waals surface area contributed by atoms with Crippen molar-refractivity contribution in [3.8, 4) is 5.75 Å². The summed E-state index contributed by atoms with van der Waals surface area (Å²) in [6.07, 6.45) is 5.79. The van der Waals surface area contributed by atoms with Crippen LogP contribution in [-0.2, 0) is 12.8 Å². The van der Waals surface area contributed by atoms with Gasteiger partial charge >= 0.3 is 0 Å². The molecule has 0 aliphatic heterocycles. The van der Waals surface area contributed by atoms with Crippen LogP contribution in [-0.4, -0.2) is 17.5 Å². The number of rotatable bonds is 4. The second-order valence-electron chi connectivity index (χ2n) is 5.33. The van der Waals surface area contributed by atoms with Crippen LogP contribution in [0.4, 0.5) is 5.13 Å². The zero-order chi connectivity index (χ0) is 15.4. The molecule has 2 aromatic rings. The average molecular weight is 316 g/mol. The van der Waals surface area contributed by atoms with Crippen molar-refractivity contribution < 1.29 is 9.53 Å². The van der Waals surface area contributed by atoms with E-state index in [9.17, 15) is 4.79 Å². The van der Waals surface area contributed by atoms with Crippen molar-refractivity contribution >= 4 is 22.4 Å². The predicted octanol–water partition coefficient (Wildman–Crippen LogP) is 4.06. The van der Waals surface area contributed by atoms with Crippen molar-refractivity contribution in [2.75, 3.05) is 11.9 Å². The molecule has 5 heteroatoms. The van der Waals surface area contributed by atoms with Crippen LogP contribution in [0.2, 0.25) is 0 Å². The van der Waals surface area contributed by atoms with Gasteiger partial charge in [-0.15, -0.1) is 11.3 Å². The number of para-hydroxylation sites is 1. The van der Waals surface area contributed by atoms with Crippen LogP contribution in [0, 0.1) is 0 Å². The third-order valence-electron chi connectivity index (χ3n) is 3.75. The lowest BCUT2D eigenvalue weighted by atomic mass is 10.2. The summed E-state index contributed by atoms with van der Waals surface area (Å²) in [6, 6.07) is 7.30. The first-order valence-electron chi connectivity index (χ1n) is 7.79. The number of carbonyl (C=O) groups is 1. The molecule has 1 amide bonds. The Labute approximate surface area is 134 Å². The Morgan fingerprint density at radius 2 is 2.09 bits per heavy atom. The standard InChI is InChI=1S/C17H20N2O2S/c1-2-21-14-10-7-6-8-12(14)16(20)19-17-18-13-9-4-3-5-11-15(13)22-17/h6-8,10H,2-5,9,11H2,1H3,(H,18,19,20). The van der Waals surface area contributed by atoms with Crippen molar-refractivity contribution in [1.29, 1.82) is 0 Å². The number of aryl methyl sites for hydroxylation is 2. The number of aromatic nitrogens is 1. The first-order valence-corrected chi connectivity index (χ1v) is 8.61. The van der Waals surface area contributed by atoms with Gasteiger partial charge in [-0.2, -0.15) is 0 Å². The van der Waals surface area contributed by atoms with E-state index < -0.39 is 0 Å². The van der Waals surface area contributed by atoms with Crippen molar-refractivity contribution in [2.24, 2.45) is 0 Å². The maximum atomic E-state index is 12.5. The average Bonchev–Trinajstić information content (AvgIpc) is 2.76. The van der Waals surface area contributed by atoms with Crippen LogP contribution >= 0.6 is 11.3 Å². The summed E-state index contributed by atoms with van der Waals surface area (Å²) in [6.45, 7) is 2.45. The highest BCUT2D eigenvalue weighted by Crippen LogP contribution is 2.29. The van der Waals surface area contributed by atoms with E-state index in [0.717, 1.165) is 18.5 Å². The van der Waals surface area contributed by atoms with Crippen LogP contribution in [0.15, 0.2) is 24.3 Å². The van der Waals surface area contributed by atoms with Gasteiger partial charge < -0.3 is 4.74 Å². The summed E-state index contributed by atoms with van der Waals surface area (Å²) in [5, 5.41) is 3.62. The van der Waals surface area contributed by atoms with Gasteiger partial charge in [0.25, 0.3) is 5.91 Å². The summed E-state index contributed by atoms with van der Waals surface area (Å²) in [4.78, 5) is 18.4. The SMILES string of the molecule is CCOc1ccccc1C(=O)Nc1nc2c(s1)CCCCC2. The highest BCUT2D eigenvalue weighted by atomic mass is 32.1. The summed E-state index contributed by atoms with van der Waals surface area (Å²) in [7, 11) is 0. The van der Waals surface area contributed by atoms with Gasteiger partial charge in [-0.05, 0) is 44.7 Å². The van der Waals surface area contributed by atoms with Gasteiger partial charge in [0.15, 0.2) is 5.13 Å². The topological polar surface area (TPSA) is 51.2 Å². The zero-order valence-corrected chi connectivity index (χ0v) is 13.5. The third-order valence-corrected chi connectivity index (χ3v) is 4.82. The number of thiazole rings is 1. The number of amides is 1. The molecule has 0 spiro atoms. The molecule has 116 valence electrons. The van der Waals surface area contributed by atoms with E-state index >= 15 is 0 Å². The fourth-order valence-electron chi connectivity index (χ4n) is 2.68. The Morgan fingerprint density at radius 3 is 2.95 bits per heavy atom. The number of hydrogen-bond donors (Lipinski definition) is 1. The van der Waals surface area contributed by atoms with Crippen molar-refractivity contribution in [2.45, 2.75) is 39.0 Å². The second kappa shape index (κ2) is 6.92. The number of carbonyl (C=O) groups excluding carboxylic acids is 1. The Hall–Kier alpha value is -1.88. The van der Waals surface area contributed by atoms with E-state index in [2.05, 4.69) is 10.3 Å². The molecular formula is C17H20N2O2S. The Kier molecular flexibility index (Phi) is 4.73. The van der Waals surface area contributed by atoms with E-state index in [0.29, 0.717) is 23.1 Å². The molecule has 0 saturated heterocycles. The van der Waals surface area contributed by atoms with E-state index in [4.69, 9.17) is 4.74 Å². The number of nitrogens with zero attached hydrogens (tertiary/aromatic N) is 1. The van der Waals surface area contributed by atoms with Crippen LogP contribution in [0.1, 0.15) is 47.1 Å². The molecule has 0 saturated carbocycles. The lowest BCUT2D eigenvalue weighted by molar-refractivity contribution is 0.102. The Bertz CT molecular complexity index is 643. The molecule has 1 heterocycles. The third kappa shape index (κ3) is 3.30. The highest BCUT2D eigenvalue weighted by molar-refractivity contribution is 7.15. The van der Waals surface area contributed by atoms with Gasteiger partial charge in [-0.3, -0.25) is 10.1 Å². The van der Waals surface area contributed by atoms with Crippen LogP contribution in [0.3, 0.4) is 0 Å². The fourth-order valence-corrected chi connectivity index (χ4v) is 3.73. The van der Waals surface area contributed by atoms with Gasteiger partial charge in [0.1, 0.15) is 5.75 Å². The van der Waals surface area contributed by atoms with Gasteiger partial charge in [0.2, 0.25) is 0 Å².